The van der Waals surface area contributed by atoms with Crippen molar-refractivity contribution in [3.63, 3.8) is 0 Å². The molecule has 0 bridgehead atoms. The Hall–Kier alpha value is -3.10. The van der Waals surface area contributed by atoms with Crippen molar-refractivity contribution in [2.75, 3.05) is 0 Å². The number of benzene rings is 2. The molecular weight excluding hydrogens is 428 g/mol. The number of halogens is 1. The second-order valence-electron chi connectivity index (χ2n) is 6.36. The first kappa shape index (κ1) is 21.6. The van der Waals surface area contributed by atoms with Gasteiger partial charge in [0.2, 0.25) is 0 Å². The van der Waals surface area contributed by atoms with Gasteiger partial charge >= 0.3 is 5.97 Å². The highest BCUT2D eigenvalue weighted by molar-refractivity contribution is 7.09. The maximum absolute atomic E-state index is 12.9. The van der Waals surface area contributed by atoms with Crippen molar-refractivity contribution in [1.82, 2.24) is 4.98 Å². The topological polar surface area (TPSA) is 99.4 Å². The second-order valence-corrected chi connectivity index (χ2v) is 7.71. The number of esters is 1. The zero-order chi connectivity index (χ0) is 21.7. The number of carbonyl (C=O) groups excluding carboxylic acids is 2. The highest BCUT2D eigenvalue weighted by atomic mass is 35.5. The van der Waals surface area contributed by atoms with Crippen LogP contribution in [0.15, 0.2) is 47.8 Å². The Morgan fingerprint density at radius 1 is 1.20 bits per heavy atom. The zero-order valence-corrected chi connectivity index (χ0v) is 17.5. The molecule has 9 heteroatoms. The summed E-state index contributed by atoms with van der Waals surface area (Å²) in [6, 6.07) is 9.92. The summed E-state index contributed by atoms with van der Waals surface area (Å²) in [6.07, 6.45) is 1.84. The van der Waals surface area contributed by atoms with E-state index >= 15 is 0 Å². The van der Waals surface area contributed by atoms with Gasteiger partial charge in [-0.1, -0.05) is 36.7 Å². The highest BCUT2D eigenvalue weighted by Gasteiger charge is 2.22. The number of aromatic nitrogens is 1. The lowest BCUT2D eigenvalue weighted by Gasteiger charge is -2.09. The first-order valence-electron chi connectivity index (χ1n) is 9.08. The van der Waals surface area contributed by atoms with Gasteiger partial charge in [0.1, 0.15) is 11.6 Å². The molecule has 0 radical (unpaired) electrons. The van der Waals surface area contributed by atoms with Gasteiger partial charge in [-0.05, 0) is 31.0 Å². The number of nitro groups is 1. The number of hydrogen-bond acceptors (Lipinski definition) is 7. The molecule has 0 aliphatic carbocycles. The Bertz CT molecular complexity index is 1110. The van der Waals surface area contributed by atoms with Crippen LogP contribution in [-0.2, 0) is 17.8 Å². The molecule has 3 rings (SSSR count). The fourth-order valence-electron chi connectivity index (χ4n) is 2.77. The van der Waals surface area contributed by atoms with Crippen LogP contribution in [0.25, 0.3) is 0 Å². The van der Waals surface area contributed by atoms with Crippen LogP contribution in [0.1, 0.15) is 50.3 Å². The molecule has 2 aromatic carbocycles. The summed E-state index contributed by atoms with van der Waals surface area (Å²) < 4.78 is 5.34. The normalized spacial score (nSPS) is 10.6. The van der Waals surface area contributed by atoms with Crippen LogP contribution in [0.3, 0.4) is 0 Å². The largest absolute Gasteiger partial charge is 0.456 e. The van der Waals surface area contributed by atoms with Crippen molar-refractivity contribution < 1.29 is 19.2 Å². The molecule has 7 nitrogen and oxygen atoms in total. The average molecular weight is 445 g/mol. The second kappa shape index (κ2) is 9.60. The molecule has 0 saturated carbocycles. The molecule has 0 amide bonds. The average Bonchev–Trinajstić information content (AvgIpc) is 3.19. The van der Waals surface area contributed by atoms with Crippen molar-refractivity contribution in [2.24, 2.45) is 0 Å². The van der Waals surface area contributed by atoms with Gasteiger partial charge in [0.05, 0.1) is 21.2 Å². The minimum absolute atomic E-state index is 0.00596. The molecule has 0 N–H and O–H groups in total. The predicted molar refractivity (Wildman–Crippen MR) is 113 cm³/mol. The third-order valence-corrected chi connectivity index (χ3v) is 5.49. The van der Waals surface area contributed by atoms with Gasteiger partial charge in [-0.3, -0.25) is 14.9 Å². The van der Waals surface area contributed by atoms with E-state index < -0.39 is 16.7 Å². The third kappa shape index (κ3) is 4.90. The number of ketones is 1. The van der Waals surface area contributed by atoms with Gasteiger partial charge in [-0.15, -0.1) is 11.3 Å². The molecule has 3 aromatic rings. The number of carbonyl (C=O) groups is 2. The lowest BCUT2D eigenvalue weighted by atomic mass is 9.98. The van der Waals surface area contributed by atoms with Crippen LogP contribution in [-0.4, -0.2) is 21.7 Å². The maximum Gasteiger partial charge on any atom is 0.339 e. The minimum Gasteiger partial charge on any atom is -0.456 e. The molecule has 1 heterocycles. The van der Waals surface area contributed by atoms with Gasteiger partial charge in [0, 0.05) is 22.6 Å². The summed E-state index contributed by atoms with van der Waals surface area (Å²) >= 11 is 7.32. The molecule has 0 atom stereocenters. The van der Waals surface area contributed by atoms with E-state index in [4.69, 9.17) is 16.3 Å². The molecule has 0 saturated heterocycles. The summed E-state index contributed by atoms with van der Waals surface area (Å²) in [5, 5.41) is 13.8. The Balaban J connectivity index is 1.81. The molecule has 0 spiro atoms. The van der Waals surface area contributed by atoms with Gasteiger partial charge in [-0.25, -0.2) is 9.78 Å². The molecule has 1 aromatic heterocycles. The summed E-state index contributed by atoms with van der Waals surface area (Å²) in [7, 11) is 0. The Morgan fingerprint density at radius 2 is 1.93 bits per heavy atom. The Labute approximate surface area is 181 Å². The number of aryl methyl sites for hydroxylation is 1. The van der Waals surface area contributed by atoms with Crippen molar-refractivity contribution in [3.05, 3.63) is 90.4 Å². The van der Waals surface area contributed by atoms with E-state index in [2.05, 4.69) is 11.9 Å². The van der Waals surface area contributed by atoms with E-state index in [0.29, 0.717) is 5.69 Å². The third-order valence-electron chi connectivity index (χ3n) is 4.21. The van der Waals surface area contributed by atoms with Crippen LogP contribution in [0.5, 0.6) is 0 Å². The van der Waals surface area contributed by atoms with E-state index in [-0.39, 0.29) is 34.0 Å². The number of nitro benzene ring substituents is 1. The van der Waals surface area contributed by atoms with E-state index in [1.807, 2.05) is 5.38 Å². The molecule has 154 valence electrons. The summed E-state index contributed by atoms with van der Waals surface area (Å²) in [5.74, 6) is -1.21. The standard InChI is InChI=1S/C21H17ClN2O5S/c1-2-5-19-23-14(12-30-19)11-29-21(26)16-7-4-3-6-15(16)20(25)13-8-9-17(22)18(10-13)24(27)28/h3-4,6-10,12H,2,5,11H2,1H3. The Morgan fingerprint density at radius 3 is 2.63 bits per heavy atom. The molecule has 30 heavy (non-hydrogen) atoms. The smallest absolute Gasteiger partial charge is 0.339 e. The lowest BCUT2D eigenvalue weighted by molar-refractivity contribution is -0.384. The van der Waals surface area contributed by atoms with E-state index in [1.165, 1.54) is 35.6 Å². The van der Waals surface area contributed by atoms with E-state index in [1.54, 1.807) is 12.1 Å². The molecular formula is C21H17ClN2O5S. The van der Waals surface area contributed by atoms with Gasteiger partial charge in [0.25, 0.3) is 5.69 Å². The SMILES string of the molecule is CCCc1nc(COC(=O)c2ccccc2C(=O)c2ccc(Cl)c([N+](=O)[O-])c2)cs1. The zero-order valence-electron chi connectivity index (χ0n) is 16.0. The molecule has 0 aliphatic heterocycles. The summed E-state index contributed by atoms with van der Waals surface area (Å²) in [4.78, 5) is 40.4. The summed E-state index contributed by atoms with van der Waals surface area (Å²) in [5.41, 5.74) is 0.478. The fourth-order valence-corrected chi connectivity index (χ4v) is 3.84. The predicted octanol–water partition coefficient (Wildman–Crippen LogP) is 5.25. The van der Waals surface area contributed by atoms with Crippen LogP contribution >= 0.6 is 22.9 Å². The van der Waals surface area contributed by atoms with Crippen LogP contribution in [0, 0.1) is 10.1 Å². The van der Waals surface area contributed by atoms with Crippen molar-refractivity contribution in [2.45, 2.75) is 26.4 Å². The number of ether oxygens (including phenoxy) is 1. The lowest BCUT2D eigenvalue weighted by Crippen LogP contribution is -2.13. The van der Waals surface area contributed by atoms with Crippen LogP contribution in [0.2, 0.25) is 5.02 Å². The first-order valence-corrected chi connectivity index (χ1v) is 10.3. The van der Waals surface area contributed by atoms with Gasteiger partial charge in [0.15, 0.2) is 5.78 Å². The van der Waals surface area contributed by atoms with Crippen molar-refractivity contribution in [3.8, 4) is 0 Å². The van der Waals surface area contributed by atoms with E-state index in [9.17, 15) is 19.7 Å². The van der Waals surface area contributed by atoms with Crippen LogP contribution in [0.4, 0.5) is 5.69 Å². The van der Waals surface area contributed by atoms with Crippen molar-refractivity contribution >= 4 is 40.4 Å². The number of rotatable bonds is 8. The first-order chi connectivity index (χ1) is 14.4. The van der Waals surface area contributed by atoms with Gasteiger partial charge < -0.3 is 4.74 Å². The Kier molecular flexibility index (Phi) is 6.91. The number of nitrogens with zero attached hydrogens (tertiary/aromatic N) is 2. The fraction of sp³-hybridized carbons (Fsp3) is 0.190. The monoisotopic (exact) mass is 444 g/mol. The quantitative estimate of drug-likeness (QED) is 0.204. The minimum atomic E-state index is -0.674. The number of hydrogen-bond donors (Lipinski definition) is 0. The van der Waals surface area contributed by atoms with E-state index in [0.717, 1.165) is 23.9 Å². The van der Waals surface area contributed by atoms with Crippen molar-refractivity contribution in [1.29, 1.82) is 0 Å². The summed E-state index contributed by atoms with van der Waals surface area (Å²) in [6.45, 7) is 2.05. The van der Waals surface area contributed by atoms with Gasteiger partial charge in [-0.2, -0.15) is 0 Å². The maximum atomic E-state index is 12.9. The highest BCUT2D eigenvalue weighted by Crippen LogP contribution is 2.27. The molecule has 0 aliphatic rings. The molecule has 0 unspecified atom stereocenters. The molecule has 0 fully saturated rings. The number of thiazole rings is 1. The van der Waals surface area contributed by atoms with Crippen LogP contribution < -0.4 is 0 Å².